The van der Waals surface area contributed by atoms with Gasteiger partial charge in [-0.1, -0.05) is 109 Å². The minimum Gasteiger partial charge on any atom is -0.454 e. The monoisotopic (exact) mass is 670 g/mol. The zero-order valence-electron chi connectivity index (χ0n) is 27.1. The molecule has 11 rings (SSSR count). The average molecular weight is 671 g/mol. The first-order chi connectivity index (χ1) is 25.3. The van der Waals surface area contributed by atoms with E-state index in [0.717, 1.165) is 59.8 Å². The van der Waals surface area contributed by atoms with E-state index in [1.807, 2.05) is 60.7 Å². The third-order valence-corrected chi connectivity index (χ3v) is 11.0. The predicted molar refractivity (Wildman–Crippen MR) is 211 cm³/mol. The zero-order chi connectivity index (χ0) is 33.5. The minimum atomic E-state index is 0.643. The molecule has 0 atom stereocenters. The van der Waals surface area contributed by atoms with Crippen LogP contribution in [0.25, 0.3) is 104 Å². The van der Waals surface area contributed by atoms with Crippen LogP contribution in [0, 0.1) is 0 Å². The summed E-state index contributed by atoms with van der Waals surface area (Å²) in [5.74, 6) is 1.94. The molecule has 0 bridgehead atoms. The maximum Gasteiger partial charge on any atom is 0.164 e. The lowest BCUT2D eigenvalue weighted by Gasteiger charge is -2.09. The molecule has 0 radical (unpaired) electrons. The number of aromatic nitrogens is 4. The summed E-state index contributed by atoms with van der Waals surface area (Å²) in [6.07, 6.45) is 0. The summed E-state index contributed by atoms with van der Waals surface area (Å²) in [6.45, 7) is 0. The summed E-state index contributed by atoms with van der Waals surface area (Å²) in [5, 5.41) is 7.02. The molecule has 51 heavy (non-hydrogen) atoms. The van der Waals surface area contributed by atoms with Crippen LogP contribution >= 0.6 is 11.3 Å². The van der Waals surface area contributed by atoms with Crippen LogP contribution in [0.4, 0.5) is 0 Å². The SMILES string of the molecule is c1ccc(-c2nc(-c3ccccc3)nc(-c3ccc4sc5c(ccc6c5oc5cccc(-n7c8ccccc8c8ccccc87)c56)c4c3)n2)cc1. The van der Waals surface area contributed by atoms with Crippen molar-refractivity contribution < 1.29 is 4.42 Å². The number of fused-ring (bicyclic) bond motifs is 10. The molecule has 0 saturated heterocycles. The van der Waals surface area contributed by atoms with Gasteiger partial charge in [-0.05, 0) is 48.5 Å². The molecule has 5 nitrogen and oxygen atoms in total. The van der Waals surface area contributed by atoms with E-state index in [2.05, 4.69) is 102 Å². The van der Waals surface area contributed by atoms with E-state index in [1.54, 1.807) is 11.3 Å². The molecule has 0 N–H and O–H groups in total. The molecule has 7 aromatic carbocycles. The largest absolute Gasteiger partial charge is 0.454 e. The molecule has 0 aliphatic carbocycles. The van der Waals surface area contributed by atoms with Gasteiger partial charge < -0.3 is 8.98 Å². The van der Waals surface area contributed by atoms with Crippen LogP contribution in [0.2, 0.25) is 0 Å². The van der Waals surface area contributed by atoms with Gasteiger partial charge in [0.05, 0.1) is 26.8 Å². The topological polar surface area (TPSA) is 56.7 Å². The van der Waals surface area contributed by atoms with Gasteiger partial charge in [-0.3, -0.25) is 0 Å². The van der Waals surface area contributed by atoms with Gasteiger partial charge in [0.1, 0.15) is 5.58 Å². The van der Waals surface area contributed by atoms with Crippen LogP contribution in [-0.2, 0) is 0 Å². The number of para-hydroxylation sites is 2. The van der Waals surface area contributed by atoms with Crippen molar-refractivity contribution >= 4 is 75.3 Å². The summed E-state index contributed by atoms with van der Waals surface area (Å²) in [7, 11) is 0. The molecule has 6 heteroatoms. The quantitative estimate of drug-likeness (QED) is 0.187. The highest BCUT2D eigenvalue weighted by Gasteiger charge is 2.21. The Balaban J connectivity index is 1.11. The lowest BCUT2D eigenvalue weighted by Crippen LogP contribution is -2.00. The van der Waals surface area contributed by atoms with Crippen LogP contribution in [0.5, 0.6) is 0 Å². The predicted octanol–water partition coefficient (Wildman–Crippen LogP) is 12.2. The highest BCUT2D eigenvalue weighted by atomic mass is 32.1. The van der Waals surface area contributed by atoms with E-state index >= 15 is 0 Å². The Morgan fingerprint density at radius 2 is 1.04 bits per heavy atom. The van der Waals surface area contributed by atoms with Crippen molar-refractivity contribution in [2.75, 3.05) is 0 Å². The van der Waals surface area contributed by atoms with Crippen LogP contribution in [-0.4, -0.2) is 19.5 Å². The fraction of sp³-hybridized carbons (Fsp3) is 0. The van der Waals surface area contributed by atoms with E-state index in [4.69, 9.17) is 19.4 Å². The van der Waals surface area contributed by atoms with Gasteiger partial charge >= 0.3 is 0 Å². The maximum atomic E-state index is 6.77. The third kappa shape index (κ3) is 4.30. The number of thiophene rings is 1. The number of nitrogens with zero attached hydrogens (tertiary/aromatic N) is 4. The first kappa shape index (κ1) is 28.2. The summed E-state index contributed by atoms with van der Waals surface area (Å²) >= 11 is 1.77. The van der Waals surface area contributed by atoms with E-state index in [9.17, 15) is 0 Å². The van der Waals surface area contributed by atoms with Crippen molar-refractivity contribution in [2.45, 2.75) is 0 Å². The molecule has 0 spiro atoms. The highest BCUT2D eigenvalue weighted by molar-refractivity contribution is 7.26. The molecule has 4 heterocycles. The number of hydrogen-bond acceptors (Lipinski definition) is 5. The second-order valence-electron chi connectivity index (χ2n) is 12.8. The standard InChI is InChI=1S/C45H26N4OS/c1-3-12-27(13-4-1)43-46-44(28-14-5-2-6-15-28)48-45(47-43)29-22-25-39-34(26-29)32-23-24-33-40-37(20-11-21-38(40)50-41(33)42(32)51-39)49-35-18-9-7-16-30(35)31-17-8-10-19-36(31)49/h1-26H. The fourth-order valence-corrected chi connectivity index (χ4v) is 8.71. The van der Waals surface area contributed by atoms with Gasteiger partial charge in [-0.25, -0.2) is 15.0 Å². The summed E-state index contributed by atoms with van der Waals surface area (Å²) < 4.78 is 11.5. The Hall–Kier alpha value is -6.63. The summed E-state index contributed by atoms with van der Waals surface area (Å²) in [5.41, 5.74) is 8.11. The van der Waals surface area contributed by atoms with Gasteiger partial charge in [0.2, 0.25) is 0 Å². The Kier molecular flexibility index (Phi) is 6.05. The van der Waals surface area contributed by atoms with Crippen molar-refractivity contribution in [3.05, 3.63) is 158 Å². The normalized spacial score (nSPS) is 11.9. The van der Waals surface area contributed by atoms with E-state index in [1.165, 1.54) is 26.5 Å². The van der Waals surface area contributed by atoms with Crippen LogP contribution in [0.15, 0.2) is 162 Å². The number of hydrogen-bond donors (Lipinski definition) is 0. The molecule has 0 saturated carbocycles. The molecule has 0 aliphatic rings. The Morgan fingerprint density at radius 3 is 1.71 bits per heavy atom. The van der Waals surface area contributed by atoms with Crippen molar-refractivity contribution in [3.8, 4) is 39.9 Å². The Bertz CT molecular complexity index is 3030. The molecule has 0 fully saturated rings. The van der Waals surface area contributed by atoms with Gasteiger partial charge in [0.15, 0.2) is 23.1 Å². The third-order valence-electron chi connectivity index (χ3n) is 9.86. The molecule has 0 unspecified atom stereocenters. The highest BCUT2D eigenvalue weighted by Crippen LogP contribution is 2.45. The number of furan rings is 1. The Morgan fingerprint density at radius 1 is 0.451 bits per heavy atom. The first-order valence-electron chi connectivity index (χ1n) is 16.9. The average Bonchev–Trinajstić information content (AvgIpc) is 3.88. The molecule has 4 aromatic heterocycles. The number of rotatable bonds is 4. The second kappa shape index (κ2) is 10.9. The summed E-state index contributed by atoms with van der Waals surface area (Å²) in [4.78, 5) is 14.9. The minimum absolute atomic E-state index is 0.643. The number of benzene rings is 7. The second-order valence-corrected chi connectivity index (χ2v) is 13.8. The van der Waals surface area contributed by atoms with Crippen molar-refractivity contribution in [1.29, 1.82) is 0 Å². The van der Waals surface area contributed by atoms with Crippen LogP contribution in [0.3, 0.4) is 0 Å². The fourth-order valence-electron chi connectivity index (χ4n) is 7.54. The molecule has 0 aliphatic heterocycles. The molecule has 11 aromatic rings. The van der Waals surface area contributed by atoms with E-state index < -0.39 is 0 Å². The molecule has 238 valence electrons. The lowest BCUT2D eigenvalue weighted by molar-refractivity contribution is 0.673. The molecule has 0 amide bonds. The van der Waals surface area contributed by atoms with Gasteiger partial charge in [0.25, 0.3) is 0 Å². The molecular weight excluding hydrogens is 645 g/mol. The van der Waals surface area contributed by atoms with Crippen LogP contribution < -0.4 is 0 Å². The lowest BCUT2D eigenvalue weighted by atomic mass is 10.1. The Labute approximate surface area is 295 Å². The molecular formula is C45H26N4OS. The van der Waals surface area contributed by atoms with Crippen LogP contribution in [0.1, 0.15) is 0 Å². The van der Waals surface area contributed by atoms with Gasteiger partial charge in [-0.2, -0.15) is 0 Å². The summed E-state index contributed by atoms with van der Waals surface area (Å²) in [6, 6.07) is 54.8. The van der Waals surface area contributed by atoms with Crippen molar-refractivity contribution in [2.24, 2.45) is 0 Å². The van der Waals surface area contributed by atoms with Gasteiger partial charge in [0, 0.05) is 48.3 Å². The van der Waals surface area contributed by atoms with E-state index in [0.29, 0.717) is 17.5 Å². The van der Waals surface area contributed by atoms with Crippen molar-refractivity contribution in [3.63, 3.8) is 0 Å². The van der Waals surface area contributed by atoms with E-state index in [-0.39, 0.29) is 0 Å². The van der Waals surface area contributed by atoms with Crippen molar-refractivity contribution in [1.82, 2.24) is 19.5 Å². The van der Waals surface area contributed by atoms with Gasteiger partial charge in [-0.15, -0.1) is 11.3 Å². The smallest absolute Gasteiger partial charge is 0.164 e. The zero-order valence-corrected chi connectivity index (χ0v) is 27.9. The maximum absolute atomic E-state index is 6.77. The first-order valence-corrected chi connectivity index (χ1v) is 17.8.